The van der Waals surface area contributed by atoms with Gasteiger partial charge in [0.2, 0.25) is 0 Å². The summed E-state index contributed by atoms with van der Waals surface area (Å²) in [6.45, 7) is 3.09. The van der Waals surface area contributed by atoms with Crippen molar-refractivity contribution in [3.63, 3.8) is 0 Å². The summed E-state index contributed by atoms with van der Waals surface area (Å²) < 4.78 is 0. The van der Waals surface area contributed by atoms with Crippen LogP contribution in [0.2, 0.25) is 0 Å². The molecule has 3 heteroatoms. The average Bonchev–Trinajstić information content (AvgIpc) is 1.94. The standard InChI is InChI=1S/C5H11N2O/c8-5-3-6-1-2-7-4-5/h5-7H,1-4H2. The zero-order chi connectivity index (χ0) is 5.82. The van der Waals surface area contributed by atoms with Gasteiger partial charge in [-0.05, 0) is 0 Å². The molecule has 0 aliphatic carbocycles. The molecule has 0 aromatic heterocycles. The van der Waals surface area contributed by atoms with Crippen LogP contribution in [0.3, 0.4) is 0 Å². The predicted octanol–water partition coefficient (Wildman–Crippen LogP) is -1.02. The molecule has 0 saturated carbocycles. The number of hydrogen-bond donors (Lipinski definition) is 2. The molecule has 0 spiro atoms. The molecule has 1 heterocycles. The highest BCUT2D eigenvalue weighted by Gasteiger charge is 2.06. The normalized spacial score (nSPS) is 25.1. The van der Waals surface area contributed by atoms with Crippen LogP contribution in [-0.2, 0) is 5.11 Å². The highest BCUT2D eigenvalue weighted by molar-refractivity contribution is 4.67. The van der Waals surface area contributed by atoms with Crippen LogP contribution in [0.25, 0.3) is 0 Å². The van der Waals surface area contributed by atoms with Crippen LogP contribution in [0.4, 0.5) is 0 Å². The van der Waals surface area contributed by atoms with Gasteiger partial charge in [-0.15, -0.1) is 0 Å². The van der Waals surface area contributed by atoms with Gasteiger partial charge < -0.3 is 10.6 Å². The van der Waals surface area contributed by atoms with Crippen LogP contribution >= 0.6 is 0 Å². The molecule has 3 nitrogen and oxygen atoms in total. The number of hydrogen-bond acceptors (Lipinski definition) is 2. The van der Waals surface area contributed by atoms with E-state index in [1.807, 2.05) is 0 Å². The second-order valence-corrected chi connectivity index (χ2v) is 2.03. The highest BCUT2D eigenvalue weighted by Crippen LogP contribution is 1.81. The Bertz CT molecular complexity index is 59.4. The van der Waals surface area contributed by atoms with Crippen LogP contribution < -0.4 is 10.6 Å². The zero-order valence-corrected chi connectivity index (χ0v) is 4.81. The maximum Gasteiger partial charge on any atom is 0.118 e. The SMILES string of the molecule is [O]C1CNCCNC1. The summed E-state index contributed by atoms with van der Waals surface area (Å²) in [5.74, 6) is 0. The summed E-state index contributed by atoms with van der Waals surface area (Å²) in [5.41, 5.74) is 0. The Morgan fingerprint density at radius 2 is 1.62 bits per heavy atom. The molecule has 0 unspecified atom stereocenters. The second kappa shape index (κ2) is 3.02. The summed E-state index contributed by atoms with van der Waals surface area (Å²) in [6, 6.07) is 0. The first kappa shape index (κ1) is 6.01. The second-order valence-electron chi connectivity index (χ2n) is 2.03. The van der Waals surface area contributed by atoms with Gasteiger partial charge in [0.15, 0.2) is 0 Å². The fraction of sp³-hybridized carbons (Fsp3) is 1.00. The lowest BCUT2D eigenvalue weighted by molar-refractivity contribution is 0.0945. The van der Waals surface area contributed by atoms with Gasteiger partial charge in [-0.3, -0.25) is 0 Å². The third kappa shape index (κ3) is 1.78. The van der Waals surface area contributed by atoms with Gasteiger partial charge in [0.25, 0.3) is 0 Å². The van der Waals surface area contributed by atoms with E-state index in [0.717, 1.165) is 13.1 Å². The Kier molecular flexibility index (Phi) is 2.27. The van der Waals surface area contributed by atoms with Gasteiger partial charge in [-0.25, -0.2) is 5.11 Å². The van der Waals surface area contributed by atoms with Crippen molar-refractivity contribution >= 4 is 0 Å². The third-order valence-corrected chi connectivity index (χ3v) is 1.22. The highest BCUT2D eigenvalue weighted by atomic mass is 16.3. The van der Waals surface area contributed by atoms with Gasteiger partial charge >= 0.3 is 0 Å². The first-order chi connectivity index (χ1) is 3.89. The molecule has 0 aromatic rings. The molecule has 0 bridgehead atoms. The Labute approximate surface area is 49.1 Å². The molecule has 47 valence electrons. The minimum absolute atomic E-state index is 0.447. The molecule has 1 rings (SSSR count). The van der Waals surface area contributed by atoms with Crippen molar-refractivity contribution in [2.24, 2.45) is 0 Å². The van der Waals surface area contributed by atoms with Crippen molar-refractivity contribution in [3.8, 4) is 0 Å². The molecule has 1 aliphatic heterocycles. The van der Waals surface area contributed by atoms with Crippen molar-refractivity contribution in [2.45, 2.75) is 6.10 Å². The van der Waals surface area contributed by atoms with Gasteiger partial charge in [0, 0.05) is 26.2 Å². The minimum atomic E-state index is -0.447. The zero-order valence-electron chi connectivity index (χ0n) is 4.81. The first-order valence-corrected chi connectivity index (χ1v) is 2.97. The van der Waals surface area contributed by atoms with E-state index in [-0.39, 0.29) is 0 Å². The van der Waals surface area contributed by atoms with Crippen LogP contribution in [0.1, 0.15) is 0 Å². The van der Waals surface area contributed by atoms with E-state index in [9.17, 15) is 5.11 Å². The van der Waals surface area contributed by atoms with E-state index in [0.29, 0.717) is 13.1 Å². The van der Waals surface area contributed by atoms with Crippen molar-refractivity contribution in [1.29, 1.82) is 0 Å². The van der Waals surface area contributed by atoms with E-state index in [1.165, 1.54) is 0 Å². The third-order valence-electron chi connectivity index (χ3n) is 1.22. The maximum atomic E-state index is 10.6. The molecule has 8 heavy (non-hydrogen) atoms. The van der Waals surface area contributed by atoms with Crippen molar-refractivity contribution in [3.05, 3.63) is 0 Å². The maximum absolute atomic E-state index is 10.6. The van der Waals surface area contributed by atoms with Crippen LogP contribution in [0.15, 0.2) is 0 Å². The molecular weight excluding hydrogens is 104 g/mol. The lowest BCUT2D eigenvalue weighted by atomic mass is 10.4. The molecule has 1 aliphatic rings. The molecule has 0 amide bonds. The molecule has 0 atom stereocenters. The van der Waals surface area contributed by atoms with Crippen molar-refractivity contribution < 1.29 is 5.11 Å². The summed E-state index contributed by atoms with van der Waals surface area (Å²) in [4.78, 5) is 0. The lowest BCUT2D eigenvalue weighted by Gasteiger charge is -2.00. The summed E-state index contributed by atoms with van der Waals surface area (Å²) >= 11 is 0. The molecule has 1 radical (unpaired) electrons. The fourth-order valence-corrected chi connectivity index (χ4v) is 0.775. The van der Waals surface area contributed by atoms with Gasteiger partial charge in [0.1, 0.15) is 6.10 Å². The fourth-order valence-electron chi connectivity index (χ4n) is 0.775. The predicted molar refractivity (Wildman–Crippen MR) is 30.2 cm³/mol. The smallest absolute Gasteiger partial charge is 0.118 e. The van der Waals surface area contributed by atoms with E-state index in [1.54, 1.807) is 0 Å². The minimum Gasteiger partial charge on any atom is -0.313 e. The Morgan fingerprint density at radius 3 is 2.12 bits per heavy atom. The van der Waals surface area contributed by atoms with Gasteiger partial charge in [-0.1, -0.05) is 0 Å². The van der Waals surface area contributed by atoms with Gasteiger partial charge in [-0.2, -0.15) is 0 Å². The Morgan fingerprint density at radius 1 is 1.12 bits per heavy atom. The largest absolute Gasteiger partial charge is 0.313 e. The van der Waals surface area contributed by atoms with Crippen LogP contribution in [0, 0.1) is 0 Å². The molecule has 1 fully saturated rings. The molecular formula is C5H11N2O. The summed E-state index contributed by atoms with van der Waals surface area (Å²) in [7, 11) is 0. The Hall–Kier alpha value is -0.120. The summed E-state index contributed by atoms with van der Waals surface area (Å²) in [5, 5.41) is 16.7. The van der Waals surface area contributed by atoms with Crippen molar-refractivity contribution in [2.75, 3.05) is 26.2 Å². The summed E-state index contributed by atoms with van der Waals surface area (Å²) in [6.07, 6.45) is -0.447. The van der Waals surface area contributed by atoms with Crippen molar-refractivity contribution in [1.82, 2.24) is 10.6 Å². The number of nitrogens with one attached hydrogen (secondary N) is 2. The van der Waals surface area contributed by atoms with Gasteiger partial charge in [0.05, 0.1) is 0 Å². The molecule has 2 N–H and O–H groups in total. The van der Waals surface area contributed by atoms with E-state index in [4.69, 9.17) is 0 Å². The molecule has 0 aromatic carbocycles. The topological polar surface area (TPSA) is 44.0 Å². The monoisotopic (exact) mass is 115 g/mol. The van der Waals surface area contributed by atoms with E-state index in [2.05, 4.69) is 10.6 Å². The van der Waals surface area contributed by atoms with Crippen LogP contribution in [0.5, 0.6) is 0 Å². The lowest BCUT2D eigenvalue weighted by Crippen LogP contribution is -2.27. The van der Waals surface area contributed by atoms with E-state index >= 15 is 0 Å². The molecule has 1 saturated heterocycles. The first-order valence-electron chi connectivity index (χ1n) is 2.97. The average molecular weight is 115 g/mol. The quantitative estimate of drug-likeness (QED) is 0.424. The Balaban J connectivity index is 2.17. The van der Waals surface area contributed by atoms with E-state index < -0.39 is 6.10 Å². The van der Waals surface area contributed by atoms with Crippen LogP contribution in [-0.4, -0.2) is 32.3 Å². The number of rotatable bonds is 0.